The van der Waals surface area contributed by atoms with Gasteiger partial charge >= 0.3 is 5.97 Å². The fourth-order valence-corrected chi connectivity index (χ4v) is 4.48. The maximum atomic E-state index is 13.0. The highest BCUT2D eigenvalue weighted by Gasteiger charge is 2.29. The summed E-state index contributed by atoms with van der Waals surface area (Å²) in [6, 6.07) is 6.44. The third-order valence-corrected chi connectivity index (χ3v) is 6.01. The Kier molecular flexibility index (Phi) is 5.18. The number of aryl methyl sites for hydroxylation is 2. The zero-order chi connectivity index (χ0) is 20.5. The molecule has 6 nitrogen and oxygen atoms in total. The van der Waals surface area contributed by atoms with Gasteiger partial charge in [-0.15, -0.1) is 0 Å². The van der Waals surface area contributed by atoms with Crippen LogP contribution in [0.25, 0.3) is 10.9 Å². The topological polar surface area (TPSA) is 86.5 Å². The highest BCUT2D eigenvalue weighted by atomic mass is 16.4. The number of nitrogens with one attached hydrogen (secondary N) is 1. The third kappa shape index (κ3) is 3.55. The molecule has 6 heteroatoms. The predicted molar refractivity (Wildman–Crippen MR) is 110 cm³/mol. The molecule has 0 unspecified atom stereocenters. The lowest BCUT2D eigenvalue weighted by atomic mass is 9.88. The van der Waals surface area contributed by atoms with E-state index < -0.39 is 5.97 Å². The largest absolute Gasteiger partial charge is 0.481 e. The number of hydrogen-bond donors (Lipinski definition) is 2. The first kappa shape index (κ1) is 19.3. The van der Waals surface area contributed by atoms with Crippen LogP contribution in [-0.4, -0.2) is 40.0 Å². The van der Waals surface area contributed by atoms with E-state index in [9.17, 15) is 9.59 Å². The first-order chi connectivity index (χ1) is 14.0. The number of carboxylic acid groups (broad SMARTS) is 1. The fraction of sp³-hybridized carbons (Fsp3) is 0.391. The van der Waals surface area contributed by atoms with Gasteiger partial charge in [0, 0.05) is 35.8 Å². The van der Waals surface area contributed by atoms with Crippen LogP contribution in [0.1, 0.15) is 58.5 Å². The first-order valence-corrected chi connectivity index (χ1v) is 10.2. The summed E-state index contributed by atoms with van der Waals surface area (Å²) in [6.45, 7) is 5.25. The Morgan fingerprint density at radius 3 is 2.72 bits per heavy atom. The quantitative estimate of drug-likeness (QED) is 0.676. The monoisotopic (exact) mass is 394 g/mol. The molecule has 2 N–H and O–H groups in total. The van der Waals surface area contributed by atoms with Crippen LogP contribution in [0.5, 0.6) is 0 Å². The fourth-order valence-electron chi connectivity index (χ4n) is 4.48. The first-order valence-electron chi connectivity index (χ1n) is 10.2. The van der Waals surface area contributed by atoms with Gasteiger partial charge < -0.3 is 19.4 Å². The van der Waals surface area contributed by atoms with Gasteiger partial charge in [-0.3, -0.25) is 9.59 Å². The van der Waals surface area contributed by atoms with Crippen molar-refractivity contribution in [2.75, 3.05) is 13.1 Å². The number of aromatic nitrogens is 1. The molecule has 1 aliphatic rings. The number of likely N-dealkylation sites (tertiary alicyclic amines) is 1. The van der Waals surface area contributed by atoms with Crippen LogP contribution in [0.4, 0.5) is 0 Å². The van der Waals surface area contributed by atoms with Crippen molar-refractivity contribution in [2.45, 2.75) is 45.4 Å². The van der Waals surface area contributed by atoms with Crippen LogP contribution < -0.4 is 0 Å². The normalized spacial score (nSPS) is 15.2. The Morgan fingerprint density at radius 2 is 2.03 bits per heavy atom. The molecule has 1 aromatic carbocycles. The van der Waals surface area contributed by atoms with Crippen molar-refractivity contribution in [3.05, 3.63) is 58.7 Å². The summed E-state index contributed by atoms with van der Waals surface area (Å²) in [7, 11) is 0. The number of carbonyl (C=O) groups is 2. The number of piperidine rings is 1. The number of furan rings is 1. The van der Waals surface area contributed by atoms with Gasteiger partial charge in [-0.25, -0.2) is 0 Å². The molecule has 0 bridgehead atoms. The Balaban J connectivity index is 1.50. The second kappa shape index (κ2) is 7.78. The molecule has 4 rings (SSSR count). The zero-order valence-electron chi connectivity index (χ0n) is 16.8. The molecular weight excluding hydrogens is 368 g/mol. The van der Waals surface area contributed by atoms with Gasteiger partial charge in [-0.05, 0) is 43.2 Å². The predicted octanol–water partition coefficient (Wildman–Crippen LogP) is 4.28. The molecular formula is C23H26N2O4. The van der Waals surface area contributed by atoms with Gasteiger partial charge in [-0.1, -0.05) is 25.1 Å². The van der Waals surface area contributed by atoms with E-state index in [1.165, 1.54) is 28.3 Å². The molecule has 0 spiro atoms. The maximum Gasteiger partial charge on any atom is 0.311 e. The van der Waals surface area contributed by atoms with E-state index in [0.29, 0.717) is 30.1 Å². The number of rotatable bonds is 5. The van der Waals surface area contributed by atoms with Crippen molar-refractivity contribution in [1.82, 2.24) is 9.88 Å². The number of nitrogens with zero attached hydrogens (tertiary/aromatic N) is 1. The summed E-state index contributed by atoms with van der Waals surface area (Å²) >= 11 is 0. The minimum atomic E-state index is -1.00. The van der Waals surface area contributed by atoms with Crippen LogP contribution in [0.2, 0.25) is 0 Å². The van der Waals surface area contributed by atoms with Crippen LogP contribution in [0.3, 0.4) is 0 Å². The number of hydrogen-bond acceptors (Lipinski definition) is 3. The van der Waals surface area contributed by atoms with Gasteiger partial charge in [0.1, 0.15) is 12.2 Å². The van der Waals surface area contributed by atoms with E-state index in [-0.39, 0.29) is 18.1 Å². The third-order valence-electron chi connectivity index (χ3n) is 6.01. The average Bonchev–Trinajstić information content (AvgIpc) is 3.30. The molecule has 3 heterocycles. The van der Waals surface area contributed by atoms with Gasteiger partial charge in [-0.2, -0.15) is 0 Å². The molecule has 0 aliphatic carbocycles. The zero-order valence-corrected chi connectivity index (χ0v) is 16.8. The van der Waals surface area contributed by atoms with Crippen LogP contribution in [0, 0.1) is 6.92 Å². The molecule has 0 radical (unpaired) electrons. The lowest BCUT2D eigenvalue weighted by Gasteiger charge is -2.32. The number of benzene rings is 1. The minimum Gasteiger partial charge on any atom is -0.481 e. The van der Waals surface area contributed by atoms with Crippen LogP contribution in [-0.2, 0) is 17.6 Å². The second-order valence-electron chi connectivity index (χ2n) is 7.79. The summed E-state index contributed by atoms with van der Waals surface area (Å²) < 4.78 is 5.34. The Labute approximate surface area is 169 Å². The van der Waals surface area contributed by atoms with Gasteiger partial charge in [0.05, 0.1) is 11.8 Å². The average molecular weight is 394 g/mol. The van der Waals surface area contributed by atoms with Gasteiger partial charge in [0.15, 0.2) is 0 Å². The Morgan fingerprint density at radius 1 is 1.28 bits per heavy atom. The van der Waals surface area contributed by atoms with E-state index in [0.717, 1.165) is 19.3 Å². The molecule has 0 atom stereocenters. The lowest BCUT2D eigenvalue weighted by molar-refractivity contribution is -0.136. The van der Waals surface area contributed by atoms with E-state index in [1.807, 2.05) is 4.90 Å². The van der Waals surface area contributed by atoms with E-state index in [4.69, 9.17) is 9.52 Å². The highest BCUT2D eigenvalue weighted by molar-refractivity contribution is 5.97. The summed E-state index contributed by atoms with van der Waals surface area (Å²) in [5.41, 5.74) is 4.97. The SMILES string of the molecule is CCc1cccc2c(C3CCN(C(=O)c4c(C)coc4CC(=O)O)CC3)c[nH]c12. The number of para-hydroxylation sites is 1. The van der Waals surface area contributed by atoms with E-state index in [2.05, 4.69) is 36.3 Å². The van der Waals surface area contributed by atoms with Crippen molar-refractivity contribution in [3.8, 4) is 0 Å². The van der Waals surface area contributed by atoms with E-state index >= 15 is 0 Å². The number of aliphatic carboxylic acids is 1. The van der Waals surface area contributed by atoms with E-state index in [1.54, 1.807) is 6.92 Å². The Bertz CT molecular complexity index is 1050. The molecule has 152 valence electrons. The number of H-pyrrole nitrogens is 1. The summed E-state index contributed by atoms with van der Waals surface area (Å²) in [5.74, 6) is -0.481. The molecule has 1 fully saturated rings. The lowest BCUT2D eigenvalue weighted by Crippen LogP contribution is -2.38. The highest BCUT2D eigenvalue weighted by Crippen LogP contribution is 2.35. The maximum absolute atomic E-state index is 13.0. The molecule has 29 heavy (non-hydrogen) atoms. The molecule has 2 aromatic heterocycles. The molecule has 3 aromatic rings. The second-order valence-corrected chi connectivity index (χ2v) is 7.79. The number of carbonyl (C=O) groups excluding carboxylic acids is 1. The standard InChI is InChI=1S/C23H26N2O4/c1-3-15-5-4-6-17-18(12-24-22(15)17)16-7-9-25(10-8-16)23(28)21-14(2)13-29-19(21)11-20(26)27/h4-6,12-13,16,24H,3,7-11H2,1-2H3,(H,26,27). The van der Waals surface area contributed by atoms with Crippen molar-refractivity contribution >= 4 is 22.8 Å². The van der Waals surface area contributed by atoms with Crippen molar-refractivity contribution in [2.24, 2.45) is 0 Å². The summed E-state index contributed by atoms with van der Waals surface area (Å²) in [6.07, 6.45) is 6.08. The molecule has 0 saturated carbocycles. The molecule has 1 aliphatic heterocycles. The molecule has 1 saturated heterocycles. The number of amides is 1. The Hall–Kier alpha value is -3.02. The van der Waals surface area contributed by atoms with Crippen molar-refractivity contribution in [1.29, 1.82) is 0 Å². The van der Waals surface area contributed by atoms with Crippen molar-refractivity contribution < 1.29 is 19.1 Å². The van der Waals surface area contributed by atoms with Gasteiger partial charge in [0.2, 0.25) is 0 Å². The smallest absolute Gasteiger partial charge is 0.311 e. The minimum absolute atomic E-state index is 0.127. The number of aromatic amines is 1. The van der Waals surface area contributed by atoms with Crippen LogP contribution >= 0.6 is 0 Å². The number of fused-ring (bicyclic) bond motifs is 1. The van der Waals surface area contributed by atoms with Crippen molar-refractivity contribution in [3.63, 3.8) is 0 Å². The summed E-state index contributed by atoms with van der Waals surface area (Å²) in [4.78, 5) is 29.4. The molecule has 1 amide bonds. The van der Waals surface area contributed by atoms with Crippen LogP contribution in [0.15, 0.2) is 35.1 Å². The van der Waals surface area contributed by atoms with Gasteiger partial charge in [0.25, 0.3) is 5.91 Å². The summed E-state index contributed by atoms with van der Waals surface area (Å²) in [5, 5.41) is 10.4. The number of carboxylic acids is 1.